The summed E-state index contributed by atoms with van der Waals surface area (Å²) in [5.41, 5.74) is 0.233. The normalized spacial score (nSPS) is 12.5. The Morgan fingerprint density at radius 1 is 1.24 bits per heavy atom. The van der Waals surface area contributed by atoms with E-state index in [9.17, 15) is 17.6 Å². The molecule has 2 aromatic carbocycles. The summed E-state index contributed by atoms with van der Waals surface area (Å²) in [6.07, 6.45) is 0. The number of carbonyl (C=O) groups excluding carboxylic acids is 1. The van der Waals surface area contributed by atoms with E-state index >= 15 is 0 Å². The minimum Gasteiger partial charge on any atom is -0.494 e. The van der Waals surface area contributed by atoms with Gasteiger partial charge in [-0.2, -0.15) is 0 Å². The van der Waals surface area contributed by atoms with Gasteiger partial charge in [0.25, 0.3) is 0 Å². The van der Waals surface area contributed by atoms with Crippen molar-refractivity contribution in [2.75, 3.05) is 18.2 Å². The standard InChI is InChI=1S/C17H17BrFNO4S/c1-11(10-25(22,23)14-6-3-12(18)4-7-14)17(21)20-13-5-8-16(24-2)15(19)9-13/h3-9,11H,10H2,1-2H3,(H,20,21)/t11-/m1/s1. The summed E-state index contributed by atoms with van der Waals surface area (Å²) in [5, 5.41) is 2.51. The van der Waals surface area contributed by atoms with E-state index in [4.69, 9.17) is 4.74 Å². The third-order valence-corrected chi connectivity index (χ3v) is 5.97. The fourth-order valence-corrected chi connectivity index (χ4v) is 3.97. The monoisotopic (exact) mass is 429 g/mol. The summed E-state index contributed by atoms with van der Waals surface area (Å²) in [5.74, 6) is -2.22. The average Bonchev–Trinajstić information content (AvgIpc) is 2.55. The number of nitrogens with one attached hydrogen (secondary N) is 1. The minimum absolute atomic E-state index is 0.0591. The number of amides is 1. The molecule has 0 radical (unpaired) electrons. The minimum atomic E-state index is -3.61. The molecule has 1 amide bonds. The lowest BCUT2D eigenvalue weighted by Crippen LogP contribution is -2.27. The Morgan fingerprint density at radius 3 is 2.44 bits per heavy atom. The molecule has 0 aliphatic rings. The van der Waals surface area contributed by atoms with Crippen molar-refractivity contribution in [2.24, 2.45) is 5.92 Å². The molecule has 2 aromatic rings. The van der Waals surface area contributed by atoms with E-state index in [1.807, 2.05) is 0 Å². The number of hydrogen-bond acceptors (Lipinski definition) is 4. The highest BCUT2D eigenvalue weighted by Gasteiger charge is 2.23. The molecule has 1 atom stereocenters. The summed E-state index contributed by atoms with van der Waals surface area (Å²) < 4.78 is 44.0. The lowest BCUT2D eigenvalue weighted by molar-refractivity contribution is -0.118. The van der Waals surface area contributed by atoms with Gasteiger partial charge in [0.05, 0.1) is 17.8 Å². The van der Waals surface area contributed by atoms with Gasteiger partial charge in [0, 0.05) is 22.1 Å². The van der Waals surface area contributed by atoms with Gasteiger partial charge < -0.3 is 10.1 Å². The lowest BCUT2D eigenvalue weighted by atomic mass is 10.2. The van der Waals surface area contributed by atoms with Crippen molar-refractivity contribution < 1.29 is 22.3 Å². The van der Waals surface area contributed by atoms with E-state index in [1.54, 1.807) is 12.1 Å². The molecule has 8 heteroatoms. The smallest absolute Gasteiger partial charge is 0.228 e. The molecule has 0 saturated carbocycles. The van der Waals surface area contributed by atoms with Crippen LogP contribution in [-0.4, -0.2) is 27.2 Å². The molecule has 0 spiro atoms. The van der Waals surface area contributed by atoms with Crippen molar-refractivity contribution in [3.8, 4) is 5.75 Å². The Bertz CT molecular complexity index is 869. The highest BCUT2D eigenvalue weighted by Crippen LogP contribution is 2.22. The van der Waals surface area contributed by atoms with Crippen LogP contribution in [0.15, 0.2) is 51.8 Å². The van der Waals surface area contributed by atoms with Crippen molar-refractivity contribution in [2.45, 2.75) is 11.8 Å². The first-order valence-electron chi connectivity index (χ1n) is 7.35. The molecule has 25 heavy (non-hydrogen) atoms. The van der Waals surface area contributed by atoms with Gasteiger partial charge in [0.2, 0.25) is 5.91 Å². The molecule has 2 rings (SSSR count). The van der Waals surface area contributed by atoms with Crippen LogP contribution >= 0.6 is 15.9 Å². The van der Waals surface area contributed by atoms with Gasteiger partial charge in [0.15, 0.2) is 21.4 Å². The summed E-state index contributed by atoms with van der Waals surface area (Å²) in [4.78, 5) is 12.3. The lowest BCUT2D eigenvalue weighted by Gasteiger charge is -2.13. The van der Waals surface area contributed by atoms with Crippen LogP contribution in [-0.2, 0) is 14.6 Å². The second-order valence-electron chi connectivity index (χ2n) is 5.47. The Hall–Kier alpha value is -1.93. The second kappa shape index (κ2) is 7.97. The maximum atomic E-state index is 13.7. The van der Waals surface area contributed by atoms with Crippen LogP contribution in [0.3, 0.4) is 0 Å². The summed E-state index contributed by atoms with van der Waals surface area (Å²) in [7, 11) is -2.27. The number of ether oxygens (including phenoxy) is 1. The number of benzene rings is 2. The van der Waals surface area contributed by atoms with Crippen LogP contribution < -0.4 is 10.1 Å². The highest BCUT2D eigenvalue weighted by atomic mass is 79.9. The number of carbonyl (C=O) groups is 1. The van der Waals surface area contributed by atoms with E-state index < -0.39 is 27.5 Å². The number of hydrogen-bond donors (Lipinski definition) is 1. The number of sulfone groups is 1. The van der Waals surface area contributed by atoms with E-state index in [-0.39, 0.29) is 22.1 Å². The van der Waals surface area contributed by atoms with Gasteiger partial charge in [0.1, 0.15) is 0 Å². The van der Waals surface area contributed by atoms with Crippen molar-refractivity contribution in [3.63, 3.8) is 0 Å². The van der Waals surface area contributed by atoms with Crippen LogP contribution in [0.1, 0.15) is 6.92 Å². The van der Waals surface area contributed by atoms with Gasteiger partial charge in [-0.05, 0) is 36.4 Å². The van der Waals surface area contributed by atoms with Gasteiger partial charge >= 0.3 is 0 Å². The molecule has 0 bridgehead atoms. The molecule has 1 N–H and O–H groups in total. The molecule has 0 heterocycles. The zero-order valence-electron chi connectivity index (χ0n) is 13.6. The summed E-state index contributed by atoms with van der Waals surface area (Å²) >= 11 is 3.24. The van der Waals surface area contributed by atoms with E-state index in [0.717, 1.165) is 10.5 Å². The molecule has 0 aliphatic heterocycles. The number of anilines is 1. The van der Waals surface area contributed by atoms with E-state index in [0.29, 0.717) is 0 Å². The highest BCUT2D eigenvalue weighted by molar-refractivity contribution is 9.10. The number of methoxy groups -OCH3 is 1. The Morgan fingerprint density at radius 2 is 1.88 bits per heavy atom. The Kier molecular flexibility index (Phi) is 6.18. The molecule has 5 nitrogen and oxygen atoms in total. The summed E-state index contributed by atoms with van der Waals surface area (Å²) in [6, 6.07) is 10.2. The van der Waals surface area contributed by atoms with Crippen LogP contribution in [0.25, 0.3) is 0 Å². The van der Waals surface area contributed by atoms with E-state index in [1.165, 1.54) is 38.3 Å². The molecular formula is C17H17BrFNO4S. The maximum absolute atomic E-state index is 13.7. The van der Waals surface area contributed by atoms with Crippen LogP contribution in [0.4, 0.5) is 10.1 Å². The Labute approximate surface area is 154 Å². The van der Waals surface area contributed by atoms with Gasteiger partial charge in [-0.25, -0.2) is 12.8 Å². The first-order chi connectivity index (χ1) is 11.7. The topological polar surface area (TPSA) is 72.5 Å². The summed E-state index contributed by atoms with van der Waals surface area (Å²) in [6.45, 7) is 1.51. The van der Waals surface area contributed by atoms with Gasteiger partial charge in [-0.15, -0.1) is 0 Å². The number of halogens is 2. The zero-order chi connectivity index (χ0) is 18.6. The predicted molar refractivity (Wildman–Crippen MR) is 96.9 cm³/mol. The van der Waals surface area contributed by atoms with Crippen LogP contribution in [0, 0.1) is 11.7 Å². The third kappa shape index (κ3) is 5.02. The second-order valence-corrected chi connectivity index (χ2v) is 8.42. The van der Waals surface area contributed by atoms with Crippen LogP contribution in [0.5, 0.6) is 5.75 Å². The fraction of sp³-hybridized carbons (Fsp3) is 0.235. The van der Waals surface area contributed by atoms with Crippen molar-refractivity contribution in [1.29, 1.82) is 0 Å². The quantitative estimate of drug-likeness (QED) is 0.760. The molecule has 0 unspecified atom stereocenters. The Balaban J connectivity index is 2.07. The number of rotatable bonds is 6. The first-order valence-corrected chi connectivity index (χ1v) is 9.80. The van der Waals surface area contributed by atoms with Crippen molar-refractivity contribution in [3.05, 3.63) is 52.8 Å². The molecular weight excluding hydrogens is 413 g/mol. The van der Waals surface area contributed by atoms with Crippen molar-refractivity contribution in [1.82, 2.24) is 0 Å². The van der Waals surface area contributed by atoms with Gasteiger partial charge in [-0.1, -0.05) is 22.9 Å². The molecule has 0 aromatic heterocycles. The third-order valence-electron chi connectivity index (χ3n) is 3.51. The molecule has 0 saturated heterocycles. The largest absolute Gasteiger partial charge is 0.494 e. The van der Waals surface area contributed by atoms with Crippen LogP contribution in [0.2, 0.25) is 0 Å². The first kappa shape index (κ1) is 19.4. The fourth-order valence-electron chi connectivity index (χ4n) is 2.15. The van der Waals surface area contributed by atoms with Gasteiger partial charge in [-0.3, -0.25) is 4.79 Å². The molecule has 0 fully saturated rings. The zero-order valence-corrected chi connectivity index (χ0v) is 16.0. The average molecular weight is 430 g/mol. The van der Waals surface area contributed by atoms with Crippen molar-refractivity contribution >= 4 is 37.4 Å². The predicted octanol–water partition coefficient (Wildman–Crippen LogP) is 3.65. The van der Waals surface area contributed by atoms with E-state index in [2.05, 4.69) is 21.2 Å². The SMILES string of the molecule is COc1ccc(NC(=O)[C@H](C)CS(=O)(=O)c2ccc(Br)cc2)cc1F. The molecule has 134 valence electrons. The maximum Gasteiger partial charge on any atom is 0.228 e. The molecule has 0 aliphatic carbocycles.